The van der Waals surface area contributed by atoms with Crippen molar-refractivity contribution < 1.29 is 23.1 Å². The second kappa shape index (κ2) is 5.80. The summed E-state index contributed by atoms with van der Waals surface area (Å²) in [6, 6.07) is 4.37. The van der Waals surface area contributed by atoms with Crippen LogP contribution in [0.25, 0.3) is 0 Å². The van der Waals surface area contributed by atoms with Crippen LogP contribution in [0.5, 0.6) is 0 Å². The van der Waals surface area contributed by atoms with Gasteiger partial charge in [-0.05, 0) is 17.7 Å². The maximum absolute atomic E-state index is 13.0. The summed E-state index contributed by atoms with van der Waals surface area (Å²) in [4.78, 5) is 11.6. The van der Waals surface area contributed by atoms with Gasteiger partial charge >= 0.3 is 0 Å². The molecule has 20 heavy (non-hydrogen) atoms. The normalized spacial score (nSPS) is 22.5. The van der Waals surface area contributed by atoms with Crippen LogP contribution in [0.1, 0.15) is 18.1 Å². The maximum atomic E-state index is 13.0. The summed E-state index contributed by atoms with van der Waals surface area (Å²) in [5.74, 6) is -3.98. The molecule has 1 aromatic rings. The Labute approximate surface area is 114 Å². The Bertz CT molecular complexity index is 496. The highest BCUT2D eigenvalue weighted by molar-refractivity contribution is 5.82. The largest absolute Gasteiger partial charge is 0.387 e. The van der Waals surface area contributed by atoms with Gasteiger partial charge in [-0.3, -0.25) is 10.1 Å². The number of carbonyl (C=O) groups is 1. The second-order valence-corrected chi connectivity index (χ2v) is 4.81. The number of hydrogen-bond donors (Lipinski definition) is 3. The van der Waals surface area contributed by atoms with E-state index in [1.54, 1.807) is 0 Å². The summed E-state index contributed by atoms with van der Waals surface area (Å²) in [6.45, 7) is -0.691. The molecule has 7 heteroatoms. The van der Waals surface area contributed by atoms with Crippen molar-refractivity contribution in [2.24, 2.45) is 0 Å². The number of aliphatic hydroxyl groups excluding tert-OH is 1. The Morgan fingerprint density at radius 2 is 2.30 bits per heavy atom. The van der Waals surface area contributed by atoms with Crippen LogP contribution in [0, 0.1) is 5.82 Å². The van der Waals surface area contributed by atoms with E-state index in [1.165, 1.54) is 18.2 Å². The molecule has 110 valence electrons. The minimum Gasteiger partial charge on any atom is -0.387 e. The third-order valence-corrected chi connectivity index (χ3v) is 3.13. The number of hydrogen-bond acceptors (Lipinski definition) is 3. The number of carbonyl (C=O) groups excluding carboxylic acids is 1. The summed E-state index contributed by atoms with van der Waals surface area (Å²) >= 11 is 0. The molecular weight excluding hydrogens is 273 g/mol. The fourth-order valence-corrected chi connectivity index (χ4v) is 2.05. The molecule has 4 nitrogen and oxygen atoms in total. The van der Waals surface area contributed by atoms with Gasteiger partial charge in [0.1, 0.15) is 5.82 Å². The number of halogens is 3. The van der Waals surface area contributed by atoms with E-state index in [0.717, 1.165) is 6.07 Å². The van der Waals surface area contributed by atoms with E-state index in [9.17, 15) is 23.1 Å². The van der Waals surface area contributed by atoms with E-state index in [4.69, 9.17) is 0 Å². The maximum Gasteiger partial charge on any atom is 0.262 e. The average molecular weight is 288 g/mol. The monoisotopic (exact) mass is 288 g/mol. The minimum atomic E-state index is -2.89. The predicted molar refractivity (Wildman–Crippen MR) is 65.7 cm³/mol. The Balaban J connectivity index is 1.84. The predicted octanol–water partition coefficient (Wildman–Crippen LogP) is 0.972. The highest BCUT2D eigenvalue weighted by atomic mass is 19.3. The zero-order valence-electron chi connectivity index (χ0n) is 10.6. The van der Waals surface area contributed by atoms with Gasteiger partial charge in [0.15, 0.2) is 0 Å². The SMILES string of the molecule is O=C(NCC(O)c1cccc(F)c1)C1CC(F)(F)CN1. The van der Waals surface area contributed by atoms with E-state index in [1.807, 2.05) is 0 Å². The molecule has 1 amide bonds. The molecule has 1 fully saturated rings. The van der Waals surface area contributed by atoms with E-state index in [2.05, 4.69) is 10.6 Å². The first kappa shape index (κ1) is 14.8. The van der Waals surface area contributed by atoms with Crippen molar-refractivity contribution in [3.8, 4) is 0 Å². The lowest BCUT2D eigenvalue weighted by atomic mass is 10.1. The van der Waals surface area contributed by atoms with Gasteiger partial charge in [0.25, 0.3) is 5.92 Å². The van der Waals surface area contributed by atoms with E-state index >= 15 is 0 Å². The molecule has 3 N–H and O–H groups in total. The number of benzene rings is 1. The van der Waals surface area contributed by atoms with Crippen LogP contribution in [0.15, 0.2) is 24.3 Å². The van der Waals surface area contributed by atoms with Crippen LogP contribution in [0.3, 0.4) is 0 Å². The van der Waals surface area contributed by atoms with E-state index in [0.29, 0.717) is 5.56 Å². The molecule has 0 spiro atoms. The molecule has 2 rings (SSSR count). The average Bonchev–Trinajstić information content (AvgIpc) is 2.76. The Hall–Kier alpha value is -1.60. The third kappa shape index (κ3) is 3.71. The van der Waals surface area contributed by atoms with Crippen molar-refractivity contribution in [1.29, 1.82) is 0 Å². The Morgan fingerprint density at radius 3 is 2.90 bits per heavy atom. The van der Waals surface area contributed by atoms with E-state index < -0.39 is 42.8 Å². The zero-order chi connectivity index (χ0) is 14.8. The summed E-state index contributed by atoms with van der Waals surface area (Å²) in [6.07, 6.45) is -1.65. The molecule has 1 saturated heterocycles. The Morgan fingerprint density at radius 1 is 1.55 bits per heavy atom. The van der Waals surface area contributed by atoms with Gasteiger partial charge in [-0.1, -0.05) is 12.1 Å². The Kier molecular flexibility index (Phi) is 4.29. The fourth-order valence-electron chi connectivity index (χ4n) is 2.05. The van der Waals surface area contributed by atoms with Crippen LogP contribution in [0.4, 0.5) is 13.2 Å². The summed E-state index contributed by atoms with van der Waals surface area (Å²) in [7, 11) is 0. The minimum absolute atomic E-state index is 0.161. The first-order chi connectivity index (χ1) is 9.37. The summed E-state index contributed by atoms with van der Waals surface area (Å²) in [5.41, 5.74) is 0.315. The zero-order valence-corrected chi connectivity index (χ0v) is 10.6. The van der Waals surface area contributed by atoms with Gasteiger partial charge in [-0.15, -0.1) is 0 Å². The van der Waals surface area contributed by atoms with Crippen molar-refractivity contribution >= 4 is 5.91 Å². The lowest BCUT2D eigenvalue weighted by molar-refractivity contribution is -0.123. The first-order valence-corrected chi connectivity index (χ1v) is 6.20. The molecule has 0 saturated carbocycles. The van der Waals surface area contributed by atoms with Crippen molar-refractivity contribution in [3.05, 3.63) is 35.6 Å². The quantitative estimate of drug-likeness (QED) is 0.774. The van der Waals surface area contributed by atoms with Crippen molar-refractivity contribution in [1.82, 2.24) is 10.6 Å². The smallest absolute Gasteiger partial charge is 0.262 e. The molecule has 1 heterocycles. The molecule has 0 aliphatic carbocycles. The van der Waals surface area contributed by atoms with Crippen LogP contribution < -0.4 is 10.6 Å². The van der Waals surface area contributed by atoms with Gasteiger partial charge in [-0.2, -0.15) is 0 Å². The number of amides is 1. The molecule has 1 aromatic carbocycles. The standard InChI is InChI=1S/C13H15F3N2O2/c14-9-3-1-2-8(4-9)11(19)6-17-12(20)10-5-13(15,16)7-18-10/h1-4,10-11,18-19H,5-7H2,(H,17,20). The van der Waals surface area contributed by atoms with Crippen molar-refractivity contribution in [2.75, 3.05) is 13.1 Å². The van der Waals surface area contributed by atoms with Gasteiger partial charge in [-0.25, -0.2) is 13.2 Å². The first-order valence-electron chi connectivity index (χ1n) is 6.20. The number of alkyl halides is 2. The van der Waals surface area contributed by atoms with Gasteiger partial charge in [0.2, 0.25) is 5.91 Å². The summed E-state index contributed by atoms with van der Waals surface area (Å²) in [5, 5.41) is 14.6. The summed E-state index contributed by atoms with van der Waals surface area (Å²) < 4.78 is 38.8. The lowest BCUT2D eigenvalue weighted by Crippen LogP contribution is -2.41. The molecule has 0 bridgehead atoms. The van der Waals surface area contributed by atoms with Crippen molar-refractivity contribution in [2.45, 2.75) is 24.5 Å². The second-order valence-electron chi connectivity index (χ2n) is 4.81. The van der Waals surface area contributed by atoms with Crippen LogP contribution in [-0.4, -0.2) is 36.1 Å². The lowest BCUT2D eigenvalue weighted by Gasteiger charge is -2.15. The molecule has 0 radical (unpaired) electrons. The molecule has 0 aromatic heterocycles. The molecule has 1 aliphatic heterocycles. The number of rotatable bonds is 4. The number of nitrogens with one attached hydrogen (secondary N) is 2. The van der Waals surface area contributed by atoms with Crippen LogP contribution in [0.2, 0.25) is 0 Å². The third-order valence-electron chi connectivity index (χ3n) is 3.13. The van der Waals surface area contributed by atoms with Crippen LogP contribution >= 0.6 is 0 Å². The fraction of sp³-hybridized carbons (Fsp3) is 0.462. The topological polar surface area (TPSA) is 61.4 Å². The highest BCUT2D eigenvalue weighted by Gasteiger charge is 2.42. The van der Waals surface area contributed by atoms with Crippen molar-refractivity contribution in [3.63, 3.8) is 0 Å². The molecule has 2 unspecified atom stereocenters. The van der Waals surface area contributed by atoms with E-state index in [-0.39, 0.29) is 6.54 Å². The molecular formula is C13H15F3N2O2. The van der Waals surface area contributed by atoms with Crippen LogP contribution in [-0.2, 0) is 4.79 Å². The van der Waals surface area contributed by atoms with Gasteiger partial charge in [0.05, 0.1) is 18.7 Å². The molecule has 2 atom stereocenters. The highest BCUT2D eigenvalue weighted by Crippen LogP contribution is 2.25. The van der Waals surface area contributed by atoms with Gasteiger partial charge < -0.3 is 10.4 Å². The number of aliphatic hydroxyl groups is 1. The molecule has 1 aliphatic rings. The van der Waals surface area contributed by atoms with Gasteiger partial charge in [0, 0.05) is 13.0 Å².